The van der Waals surface area contributed by atoms with Crippen LogP contribution in [0.25, 0.3) is 10.6 Å². The van der Waals surface area contributed by atoms with Gasteiger partial charge in [-0.05, 0) is 29.6 Å². The van der Waals surface area contributed by atoms with Crippen LogP contribution in [0.3, 0.4) is 0 Å². The molecule has 2 amide bonds. The van der Waals surface area contributed by atoms with Crippen molar-refractivity contribution < 1.29 is 27.5 Å². The molecule has 0 atom stereocenters. The number of anilines is 1. The number of rotatable bonds is 6. The van der Waals surface area contributed by atoms with Gasteiger partial charge >= 0.3 is 18.2 Å². The van der Waals surface area contributed by atoms with Gasteiger partial charge in [0, 0.05) is 31.6 Å². The number of piperidine rings is 1. The molecule has 3 heterocycles. The van der Waals surface area contributed by atoms with Gasteiger partial charge in [-0.1, -0.05) is 36.0 Å². The van der Waals surface area contributed by atoms with E-state index < -0.39 is 29.4 Å². The third kappa shape index (κ3) is 6.81. The number of halogens is 3. The van der Waals surface area contributed by atoms with Gasteiger partial charge in [0.25, 0.3) is 0 Å². The molecule has 3 aromatic rings. The number of nitriles is 1. The second-order valence-electron chi connectivity index (χ2n) is 8.08. The summed E-state index contributed by atoms with van der Waals surface area (Å²) in [6.07, 6.45) is -4.30. The summed E-state index contributed by atoms with van der Waals surface area (Å²) in [5, 5.41) is 13.8. The van der Waals surface area contributed by atoms with E-state index in [1.807, 2.05) is 18.2 Å². The van der Waals surface area contributed by atoms with Gasteiger partial charge in [-0.15, -0.1) is 11.3 Å². The quantitative estimate of drug-likeness (QED) is 0.300. The number of nitrogens with zero attached hydrogens (tertiary/aromatic N) is 3. The topological polar surface area (TPSA) is 95.3 Å². The molecule has 1 aliphatic rings. The molecule has 1 saturated heterocycles. The Morgan fingerprint density at radius 2 is 1.92 bits per heavy atom. The van der Waals surface area contributed by atoms with E-state index in [4.69, 9.17) is 4.74 Å². The number of ether oxygens (including phenoxy) is 1. The summed E-state index contributed by atoms with van der Waals surface area (Å²) in [6, 6.07) is 14.6. The molecule has 0 unspecified atom stereocenters. The zero-order chi connectivity index (χ0) is 26.4. The monoisotopic (exact) mass is 546 g/mol. The van der Waals surface area contributed by atoms with Gasteiger partial charge in [-0.2, -0.15) is 18.4 Å². The summed E-state index contributed by atoms with van der Waals surface area (Å²) in [5.41, 5.74) is -0.952. The van der Waals surface area contributed by atoms with Crippen molar-refractivity contribution in [2.24, 2.45) is 0 Å². The van der Waals surface area contributed by atoms with Gasteiger partial charge in [-0.25, -0.2) is 9.78 Å². The first-order valence-corrected chi connectivity index (χ1v) is 13.1. The Morgan fingerprint density at radius 1 is 1.19 bits per heavy atom. The standard InChI is InChI=1S/C25H21F3N4O3S2/c26-25(27,28)19-13-20(21-7-4-12-36-21)31-23(18(19)14-29)37-15-22(33)35-17-8-10-32(11-9-17)24(34)30-16-5-2-1-3-6-16/h1-7,12-13,17H,8-11,15H2,(H,30,34). The lowest BCUT2D eigenvalue weighted by Crippen LogP contribution is -2.43. The summed E-state index contributed by atoms with van der Waals surface area (Å²) in [6.45, 7) is 0.781. The minimum atomic E-state index is -4.75. The number of carbonyl (C=O) groups excluding carboxylic acids is 2. The Balaban J connectivity index is 1.35. The third-order valence-corrected chi connectivity index (χ3v) is 7.40. The van der Waals surface area contributed by atoms with Gasteiger partial charge in [0.05, 0.1) is 27.5 Å². The van der Waals surface area contributed by atoms with Crippen molar-refractivity contribution in [1.82, 2.24) is 9.88 Å². The molecular weight excluding hydrogens is 525 g/mol. The smallest absolute Gasteiger partial charge is 0.417 e. The molecule has 4 rings (SSSR count). The molecule has 2 aromatic heterocycles. The number of thiophene rings is 1. The number of pyridine rings is 1. The first kappa shape index (κ1) is 26.5. The minimum Gasteiger partial charge on any atom is -0.462 e. The van der Waals surface area contributed by atoms with Crippen LogP contribution in [0, 0.1) is 11.3 Å². The number of urea groups is 1. The molecule has 192 valence electrons. The summed E-state index contributed by atoms with van der Waals surface area (Å²) in [5.74, 6) is -0.931. The number of hydrogen-bond donors (Lipinski definition) is 1. The Labute approximate surface area is 219 Å². The van der Waals surface area contributed by atoms with Gasteiger partial charge in [0.1, 0.15) is 17.2 Å². The van der Waals surface area contributed by atoms with Crippen LogP contribution in [0.5, 0.6) is 0 Å². The summed E-state index contributed by atoms with van der Waals surface area (Å²) in [4.78, 5) is 31.3. The second-order valence-corrected chi connectivity index (χ2v) is 9.99. The maximum atomic E-state index is 13.6. The Hall–Kier alpha value is -3.56. The maximum absolute atomic E-state index is 13.6. The van der Waals surface area contributed by atoms with Crippen LogP contribution in [0.1, 0.15) is 24.0 Å². The number of nitrogens with one attached hydrogen (secondary N) is 1. The van der Waals surface area contributed by atoms with Crippen molar-refractivity contribution >= 4 is 40.8 Å². The molecule has 0 aliphatic carbocycles. The molecule has 7 nitrogen and oxygen atoms in total. The third-order valence-electron chi connectivity index (χ3n) is 5.56. The van der Waals surface area contributed by atoms with Crippen molar-refractivity contribution in [2.75, 3.05) is 24.2 Å². The minimum absolute atomic E-state index is 0.0818. The summed E-state index contributed by atoms with van der Waals surface area (Å²) in [7, 11) is 0. The van der Waals surface area contributed by atoms with Crippen LogP contribution < -0.4 is 5.32 Å². The number of carbonyl (C=O) groups is 2. The fraction of sp³-hybridized carbons (Fsp3) is 0.280. The lowest BCUT2D eigenvalue weighted by Gasteiger charge is -2.31. The molecule has 0 spiro atoms. The maximum Gasteiger partial charge on any atom is 0.417 e. The summed E-state index contributed by atoms with van der Waals surface area (Å²) < 4.78 is 46.4. The van der Waals surface area contributed by atoms with E-state index in [1.54, 1.807) is 40.6 Å². The largest absolute Gasteiger partial charge is 0.462 e. The molecule has 1 fully saturated rings. The van der Waals surface area contributed by atoms with Crippen LogP contribution in [0.2, 0.25) is 0 Å². The molecule has 0 saturated carbocycles. The zero-order valence-electron chi connectivity index (χ0n) is 19.3. The molecule has 0 radical (unpaired) electrons. The van der Waals surface area contributed by atoms with Crippen molar-refractivity contribution in [3.8, 4) is 16.6 Å². The number of para-hydroxylation sites is 1. The second kappa shape index (κ2) is 11.7. The zero-order valence-corrected chi connectivity index (χ0v) is 21.0. The van der Waals surface area contributed by atoms with Crippen molar-refractivity contribution in [3.63, 3.8) is 0 Å². The number of aromatic nitrogens is 1. The Kier molecular flexibility index (Phi) is 8.35. The fourth-order valence-corrected chi connectivity index (χ4v) is 5.23. The molecule has 1 aliphatic heterocycles. The van der Waals surface area contributed by atoms with Crippen LogP contribution in [-0.2, 0) is 15.7 Å². The highest BCUT2D eigenvalue weighted by Crippen LogP contribution is 2.38. The van der Waals surface area contributed by atoms with E-state index in [-0.39, 0.29) is 22.5 Å². The number of thioether (sulfide) groups is 1. The average Bonchev–Trinajstić information content (AvgIpc) is 3.42. The van der Waals surface area contributed by atoms with E-state index >= 15 is 0 Å². The van der Waals surface area contributed by atoms with Crippen LogP contribution in [-0.4, -0.2) is 46.8 Å². The number of benzene rings is 1. The van der Waals surface area contributed by atoms with Crippen LogP contribution in [0.15, 0.2) is 58.9 Å². The van der Waals surface area contributed by atoms with Crippen molar-refractivity contribution in [3.05, 3.63) is 65.0 Å². The molecule has 1 aromatic carbocycles. The van der Waals surface area contributed by atoms with E-state index in [0.717, 1.165) is 17.8 Å². The summed E-state index contributed by atoms with van der Waals surface area (Å²) >= 11 is 1.96. The number of amides is 2. The molecule has 1 N–H and O–H groups in total. The predicted octanol–water partition coefficient (Wildman–Crippen LogP) is 6.03. The van der Waals surface area contributed by atoms with E-state index in [1.165, 1.54) is 11.3 Å². The number of esters is 1. The van der Waals surface area contributed by atoms with Crippen LogP contribution in [0.4, 0.5) is 23.7 Å². The van der Waals surface area contributed by atoms with Crippen LogP contribution >= 0.6 is 23.1 Å². The van der Waals surface area contributed by atoms with E-state index in [2.05, 4.69) is 10.3 Å². The first-order valence-electron chi connectivity index (χ1n) is 11.2. The van der Waals surface area contributed by atoms with Gasteiger partial charge < -0.3 is 15.0 Å². The number of alkyl halides is 3. The molecule has 37 heavy (non-hydrogen) atoms. The lowest BCUT2D eigenvalue weighted by atomic mass is 10.1. The normalized spacial score (nSPS) is 14.2. The highest BCUT2D eigenvalue weighted by Gasteiger charge is 2.36. The van der Waals surface area contributed by atoms with Crippen molar-refractivity contribution in [2.45, 2.75) is 30.1 Å². The van der Waals surface area contributed by atoms with Gasteiger partial charge in [0.15, 0.2) is 0 Å². The molecule has 12 heteroatoms. The SMILES string of the molecule is N#Cc1c(C(F)(F)F)cc(-c2cccs2)nc1SCC(=O)OC1CCN(C(=O)Nc2ccccc2)CC1. The molecular formula is C25H21F3N4O3S2. The highest BCUT2D eigenvalue weighted by atomic mass is 32.2. The number of hydrogen-bond acceptors (Lipinski definition) is 7. The Bertz CT molecular complexity index is 1290. The van der Waals surface area contributed by atoms with Gasteiger partial charge in [0.2, 0.25) is 0 Å². The van der Waals surface area contributed by atoms with E-state index in [0.29, 0.717) is 36.5 Å². The van der Waals surface area contributed by atoms with E-state index in [9.17, 15) is 28.0 Å². The number of likely N-dealkylation sites (tertiary alicyclic amines) is 1. The lowest BCUT2D eigenvalue weighted by molar-refractivity contribution is -0.147. The van der Waals surface area contributed by atoms with Gasteiger partial charge in [-0.3, -0.25) is 4.79 Å². The fourth-order valence-electron chi connectivity index (χ4n) is 3.76. The first-order chi connectivity index (χ1) is 17.7. The Morgan fingerprint density at radius 3 is 2.54 bits per heavy atom. The highest BCUT2D eigenvalue weighted by molar-refractivity contribution is 7.99. The predicted molar refractivity (Wildman–Crippen MR) is 134 cm³/mol. The molecule has 0 bridgehead atoms. The average molecular weight is 547 g/mol. The van der Waals surface area contributed by atoms with Crippen molar-refractivity contribution in [1.29, 1.82) is 5.26 Å².